The molecule has 1 aromatic carbocycles. The summed E-state index contributed by atoms with van der Waals surface area (Å²) < 4.78 is 6.28. The van der Waals surface area contributed by atoms with Gasteiger partial charge in [-0.2, -0.15) is 0 Å². The molecule has 0 aliphatic heterocycles. The van der Waals surface area contributed by atoms with Gasteiger partial charge in [0.2, 0.25) is 0 Å². The summed E-state index contributed by atoms with van der Waals surface area (Å²) in [4.78, 5) is 16.2. The van der Waals surface area contributed by atoms with Crippen LogP contribution in [0.2, 0.25) is 6.82 Å². The molecule has 0 saturated heterocycles. The maximum absolute atomic E-state index is 12.1. The Kier molecular flexibility index (Phi) is 5.68. The largest absolute Gasteiger partial charge is 0.426 e. The summed E-state index contributed by atoms with van der Waals surface area (Å²) in [6.45, 7) is 12.8. The Morgan fingerprint density at radius 3 is 2.20 bits per heavy atom. The summed E-state index contributed by atoms with van der Waals surface area (Å²) in [7, 11) is 0. The third-order valence-corrected chi connectivity index (χ3v) is 4.81. The molecule has 0 bridgehead atoms. The fourth-order valence-electron chi connectivity index (χ4n) is 2.22. The molecule has 2 rings (SSSR count). The molecule has 0 radical (unpaired) electrons. The molecule has 0 aliphatic carbocycles. The van der Waals surface area contributed by atoms with E-state index in [9.17, 15) is 4.79 Å². The number of carbonyl (C=O) groups excluding carboxylic acids is 1. The van der Waals surface area contributed by atoms with Gasteiger partial charge in [-0.15, -0.1) is 0 Å². The Bertz CT molecular complexity index is 707. The summed E-state index contributed by atoms with van der Waals surface area (Å²) in [5.41, 5.74) is 2.00. The quantitative estimate of drug-likeness (QED) is 0.838. The lowest BCUT2D eigenvalue weighted by molar-refractivity contribution is 0.000450. The van der Waals surface area contributed by atoms with E-state index in [1.54, 1.807) is 24.4 Å². The fraction of sp³-hybridized carbons (Fsp3) is 0.400. The molecule has 0 aliphatic rings. The number of pyridine rings is 1. The molecule has 4 nitrogen and oxygen atoms in total. The maximum Gasteiger partial charge on any atom is 0.324 e. The second-order valence-corrected chi connectivity index (χ2v) is 7.81. The van der Waals surface area contributed by atoms with Crippen molar-refractivity contribution in [2.45, 2.75) is 47.0 Å². The smallest absolute Gasteiger partial charge is 0.324 e. The van der Waals surface area contributed by atoms with Crippen molar-refractivity contribution in [1.29, 1.82) is 0 Å². The van der Waals surface area contributed by atoms with Crippen molar-refractivity contribution >= 4 is 24.0 Å². The Morgan fingerprint density at radius 2 is 1.68 bits per heavy atom. The molecule has 5 heteroatoms. The second-order valence-electron chi connectivity index (χ2n) is 7.81. The topological polar surface area (TPSA) is 51.2 Å². The van der Waals surface area contributed by atoms with E-state index < -0.39 is 0 Å². The summed E-state index contributed by atoms with van der Waals surface area (Å²) in [5, 5.41) is 2.85. The number of carbonyl (C=O) groups is 1. The second kappa shape index (κ2) is 7.40. The molecular weight excluding hydrogens is 311 g/mol. The summed E-state index contributed by atoms with van der Waals surface area (Å²) in [6, 6.07) is 13.0. The van der Waals surface area contributed by atoms with Crippen molar-refractivity contribution in [1.82, 2.24) is 4.98 Å². The van der Waals surface area contributed by atoms with E-state index in [0.717, 1.165) is 11.2 Å². The molecule has 0 spiro atoms. The van der Waals surface area contributed by atoms with Gasteiger partial charge in [0, 0.05) is 11.9 Å². The average molecular weight is 338 g/mol. The van der Waals surface area contributed by atoms with E-state index in [4.69, 9.17) is 4.65 Å². The Labute approximate surface area is 151 Å². The highest BCUT2D eigenvalue weighted by atomic mass is 16.5. The number of anilines is 1. The summed E-state index contributed by atoms with van der Waals surface area (Å²) >= 11 is 0. The van der Waals surface area contributed by atoms with Crippen LogP contribution in [0.3, 0.4) is 0 Å². The van der Waals surface area contributed by atoms with E-state index in [0.29, 0.717) is 5.69 Å². The minimum atomic E-state index is -0.252. The first-order valence-corrected chi connectivity index (χ1v) is 8.60. The SMILES string of the molecule is CB(OC(C)(C)C(C)(C)C)c1ccc(NC(=O)c2ccccn2)cc1. The number of benzene rings is 1. The molecule has 2 aromatic rings. The average Bonchev–Trinajstić information content (AvgIpc) is 2.55. The van der Waals surface area contributed by atoms with Crippen molar-refractivity contribution in [3.63, 3.8) is 0 Å². The first kappa shape index (κ1) is 19.2. The number of nitrogens with one attached hydrogen (secondary N) is 1. The Hall–Kier alpha value is -2.14. The lowest BCUT2D eigenvalue weighted by atomic mass is 9.62. The molecule has 1 amide bonds. The first-order valence-electron chi connectivity index (χ1n) is 8.60. The highest BCUT2D eigenvalue weighted by molar-refractivity contribution is 6.66. The van der Waals surface area contributed by atoms with Gasteiger partial charge in [-0.1, -0.05) is 45.8 Å². The number of nitrogens with zero attached hydrogens (tertiary/aromatic N) is 1. The molecule has 25 heavy (non-hydrogen) atoms. The summed E-state index contributed by atoms with van der Waals surface area (Å²) in [6.07, 6.45) is 1.61. The van der Waals surface area contributed by atoms with E-state index in [1.807, 2.05) is 24.3 Å². The van der Waals surface area contributed by atoms with E-state index in [2.05, 4.69) is 51.7 Å². The monoisotopic (exact) mass is 338 g/mol. The highest BCUT2D eigenvalue weighted by Crippen LogP contribution is 2.33. The van der Waals surface area contributed by atoms with Gasteiger partial charge in [0.15, 0.2) is 0 Å². The van der Waals surface area contributed by atoms with Gasteiger partial charge in [0.25, 0.3) is 5.91 Å². The molecule has 1 N–H and O–H groups in total. The standard InChI is InChI=1S/C20H27BN2O2/c1-19(2,3)20(4,5)25-21(6)15-10-12-16(13-11-15)23-18(24)17-9-7-8-14-22-17/h7-14H,1-6H3,(H,23,24). The van der Waals surface area contributed by atoms with Crippen molar-refractivity contribution in [3.8, 4) is 0 Å². The minimum Gasteiger partial charge on any atom is -0.426 e. The molecule has 1 heterocycles. The predicted octanol–water partition coefficient (Wildman–Crippen LogP) is 4.00. The number of rotatable bonds is 5. The molecule has 0 unspecified atom stereocenters. The molecule has 0 saturated carbocycles. The third kappa shape index (κ3) is 4.92. The van der Waals surface area contributed by atoms with Crippen molar-refractivity contribution in [2.75, 3.05) is 5.32 Å². The highest BCUT2D eigenvalue weighted by Gasteiger charge is 2.35. The lowest BCUT2D eigenvalue weighted by Crippen LogP contribution is -2.46. The van der Waals surface area contributed by atoms with Crippen molar-refractivity contribution in [3.05, 3.63) is 54.4 Å². The van der Waals surface area contributed by atoms with Gasteiger partial charge in [-0.05, 0) is 49.0 Å². The molecule has 0 fully saturated rings. The zero-order valence-corrected chi connectivity index (χ0v) is 16.0. The van der Waals surface area contributed by atoms with Gasteiger partial charge in [-0.25, -0.2) is 0 Å². The first-order chi connectivity index (χ1) is 11.6. The van der Waals surface area contributed by atoms with Gasteiger partial charge >= 0.3 is 6.92 Å². The minimum absolute atomic E-state index is 0.0326. The number of amides is 1. The van der Waals surface area contributed by atoms with E-state index >= 15 is 0 Å². The number of aromatic nitrogens is 1. The van der Waals surface area contributed by atoms with Gasteiger partial charge in [-0.3, -0.25) is 9.78 Å². The van der Waals surface area contributed by atoms with Crippen molar-refractivity contribution in [2.24, 2.45) is 5.41 Å². The molecule has 0 atom stereocenters. The Balaban J connectivity index is 2.03. The zero-order valence-electron chi connectivity index (χ0n) is 16.0. The Morgan fingerprint density at radius 1 is 1.04 bits per heavy atom. The molecule has 1 aromatic heterocycles. The van der Waals surface area contributed by atoms with Gasteiger partial charge < -0.3 is 9.97 Å². The van der Waals surface area contributed by atoms with Crippen LogP contribution in [0.15, 0.2) is 48.7 Å². The maximum atomic E-state index is 12.1. The lowest BCUT2D eigenvalue weighted by Gasteiger charge is -2.40. The van der Waals surface area contributed by atoms with E-state index in [1.165, 1.54) is 0 Å². The normalized spacial score (nSPS) is 11.9. The molecular formula is C20H27BN2O2. The van der Waals surface area contributed by atoms with Crippen LogP contribution in [0.25, 0.3) is 0 Å². The summed E-state index contributed by atoms with van der Waals surface area (Å²) in [5.74, 6) is -0.216. The number of hydrogen-bond acceptors (Lipinski definition) is 3. The van der Waals surface area contributed by atoms with Crippen LogP contribution in [-0.2, 0) is 4.65 Å². The van der Waals surface area contributed by atoms with Gasteiger partial charge in [0.05, 0.1) is 5.60 Å². The fourth-order valence-corrected chi connectivity index (χ4v) is 2.22. The van der Waals surface area contributed by atoms with Crippen molar-refractivity contribution < 1.29 is 9.45 Å². The third-order valence-electron chi connectivity index (χ3n) is 4.81. The molecule has 132 valence electrons. The zero-order chi connectivity index (χ0) is 18.7. The predicted molar refractivity (Wildman–Crippen MR) is 105 cm³/mol. The number of hydrogen-bond donors (Lipinski definition) is 1. The van der Waals surface area contributed by atoms with Crippen LogP contribution < -0.4 is 10.8 Å². The van der Waals surface area contributed by atoms with E-state index in [-0.39, 0.29) is 23.8 Å². The van der Waals surface area contributed by atoms with Crippen LogP contribution in [0.5, 0.6) is 0 Å². The van der Waals surface area contributed by atoms with Crippen LogP contribution in [0.4, 0.5) is 5.69 Å². The van der Waals surface area contributed by atoms with Crippen LogP contribution in [0, 0.1) is 5.41 Å². The van der Waals surface area contributed by atoms with Crippen LogP contribution in [0.1, 0.15) is 45.1 Å². The van der Waals surface area contributed by atoms with Crippen LogP contribution >= 0.6 is 0 Å². The van der Waals surface area contributed by atoms with Crippen LogP contribution in [-0.4, -0.2) is 23.4 Å². The van der Waals surface area contributed by atoms with Gasteiger partial charge in [0.1, 0.15) is 5.69 Å².